The van der Waals surface area contributed by atoms with E-state index in [9.17, 15) is 18.0 Å². The molecule has 1 N–H and O–H groups in total. The lowest BCUT2D eigenvalue weighted by Crippen LogP contribution is -2.29. The molecule has 2 rings (SSSR count). The van der Waals surface area contributed by atoms with Gasteiger partial charge in [-0.05, 0) is 23.6 Å². The number of benzene rings is 1. The fourth-order valence-corrected chi connectivity index (χ4v) is 3.05. The van der Waals surface area contributed by atoms with Gasteiger partial charge in [0.05, 0.1) is 13.2 Å². The lowest BCUT2D eigenvalue weighted by Gasteiger charge is -2.12. The predicted molar refractivity (Wildman–Crippen MR) is 85.2 cm³/mol. The maximum absolute atomic E-state index is 11.6. The van der Waals surface area contributed by atoms with E-state index in [-0.39, 0.29) is 25.6 Å². The third-order valence-electron chi connectivity index (χ3n) is 3.12. The smallest absolute Gasteiger partial charge is 0.344 e. The van der Waals surface area contributed by atoms with Gasteiger partial charge < -0.3 is 9.47 Å². The van der Waals surface area contributed by atoms with Crippen molar-refractivity contribution >= 4 is 22.1 Å². The minimum atomic E-state index is -3.74. The highest BCUT2D eigenvalue weighted by atomic mass is 32.2. The summed E-state index contributed by atoms with van der Waals surface area (Å²) in [5.74, 6) is -0.259. The van der Waals surface area contributed by atoms with Crippen molar-refractivity contribution in [3.05, 3.63) is 29.8 Å². The monoisotopic (exact) mass is 356 g/mol. The van der Waals surface area contributed by atoms with Crippen molar-refractivity contribution < 1.29 is 27.5 Å². The summed E-state index contributed by atoms with van der Waals surface area (Å²) in [4.78, 5) is 22.6. The maximum Gasteiger partial charge on any atom is 0.344 e. The average Bonchev–Trinajstić information content (AvgIpc) is 2.76. The first-order valence-electron chi connectivity index (χ1n) is 7.44. The van der Waals surface area contributed by atoms with Crippen molar-refractivity contribution in [2.75, 3.05) is 19.8 Å². The van der Waals surface area contributed by atoms with E-state index in [1.807, 2.05) is 18.6 Å². The second-order valence-electron chi connectivity index (χ2n) is 5.81. The van der Waals surface area contributed by atoms with Crippen molar-refractivity contribution in [3.8, 4) is 5.75 Å². The molecule has 0 aliphatic carbocycles. The van der Waals surface area contributed by atoms with Crippen LogP contribution in [0.5, 0.6) is 5.75 Å². The number of carbonyl (C=O) groups excluding carboxylic acids is 2. The van der Waals surface area contributed by atoms with Gasteiger partial charge in [-0.15, -0.1) is 0 Å². The summed E-state index contributed by atoms with van der Waals surface area (Å²) in [5, 5.41) is 0. The molecule has 1 aliphatic rings. The standard InChI is InChI=1S/C15H20N2O6S/c1-11(2)9-23-15(19)10-22-13-5-3-12(4-6-13)7-17-8-14(18)16-24(17,20)21/h3-6,11H,7-10H2,1-2H3,(H,16,18). The molecule has 0 atom stereocenters. The number of carbonyl (C=O) groups is 2. The van der Waals surface area contributed by atoms with Crippen molar-refractivity contribution in [1.29, 1.82) is 0 Å². The molecule has 0 bridgehead atoms. The third kappa shape index (κ3) is 5.20. The van der Waals surface area contributed by atoms with Crippen molar-refractivity contribution in [2.24, 2.45) is 5.92 Å². The Bertz CT molecular complexity index is 699. The zero-order valence-electron chi connectivity index (χ0n) is 13.5. The molecule has 1 aromatic carbocycles. The van der Waals surface area contributed by atoms with Crippen LogP contribution in [0.25, 0.3) is 0 Å². The van der Waals surface area contributed by atoms with Gasteiger partial charge in [-0.1, -0.05) is 26.0 Å². The zero-order valence-corrected chi connectivity index (χ0v) is 14.3. The molecule has 0 spiro atoms. The maximum atomic E-state index is 11.6. The average molecular weight is 356 g/mol. The van der Waals surface area contributed by atoms with Gasteiger partial charge in [0.15, 0.2) is 6.61 Å². The van der Waals surface area contributed by atoms with Gasteiger partial charge in [0, 0.05) is 6.54 Å². The minimum Gasteiger partial charge on any atom is -0.482 e. The molecule has 1 fully saturated rings. The lowest BCUT2D eigenvalue weighted by atomic mass is 10.2. The van der Waals surface area contributed by atoms with Crippen molar-refractivity contribution in [1.82, 2.24) is 9.03 Å². The van der Waals surface area contributed by atoms with Crippen LogP contribution in [0.1, 0.15) is 19.4 Å². The highest BCUT2D eigenvalue weighted by molar-refractivity contribution is 7.88. The summed E-state index contributed by atoms with van der Waals surface area (Å²) in [6.07, 6.45) is 0. The first kappa shape index (κ1) is 18.2. The molecule has 1 heterocycles. The van der Waals surface area contributed by atoms with E-state index < -0.39 is 22.1 Å². The number of nitrogens with one attached hydrogen (secondary N) is 1. The van der Waals surface area contributed by atoms with E-state index in [1.54, 1.807) is 24.3 Å². The molecule has 0 radical (unpaired) electrons. The van der Waals surface area contributed by atoms with Crippen LogP contribution >= 0.6 is 0 Å². The fourth-order valence-electron chi connectivity index (χ4n) is 1.96. The number of amides is 1. The van der Waals surface area contributed by atoms with Gasteiger partial charge >= 0.3 is 16.2 Å². The van der Waals surface area contributed by atoms with Crippen LogP contribution < -0.4 is 9.46 Å². The number of rotatable bonds is 7. The number of esters is 1. The summed E-state index contributed by atoms with van der Waals surface area (Å²) in [6.45, 7) is 3.93. The number of nitrogens with zero attached hydrogens (tertiary/aromatic N) is 1. The Morgan fingerprint density at radius 1 is 1.29 bits per heavy atom. The van der Waals surface area contributed by atoms with Gasteiger partial charge in [0.1, 0.15) is 5.75 Å². The highest BCUT2D eigenvalue weighted by Gasteiger charge is 2.33. The highest BCUT2D eigenvalue weighted by Crippen LogP contribution is 2.16. The third-order valence-corrected chi connectivity index (χ3v) is 4.54. The van der Waals surface area contributed by atoms with Crippen LogP contribution in [0.2, 0.25) is 0 Å². The molecule has 1 aromatic rings. The van der Waals surface area contributed by atoms with Crippen LogP contribution in [0.15, 0.2) is 24.3 Å². The van der Waals surface area contributed by atoms with Crippen LogP contribution in [-0.4, -0.2) is 44.4 Å². The molecule has 0 saturated carbocycles. The van der Waals surface area contributed by atoms with E-state index in [2.05, 4.69) is 0 Å². The molecular weight excluding hydrogens is 336 g/mol. The fraction of sp³-hybridized carbons (Fsp3) is 0.467. The van der Waals surface area contributed by atoms with E-state index in [1.165, 1.54) is 0 Å². The van der Waals surface area contributed by atoms with E-state index in [4.69, 9.17) is 9.47 Å². The second-order valence-corrected chi connectivity index (χ2v) is 7.48. The molecule has 0 unspecified atom stereocenters. The Morgan fingerprint density at radius 2 is 1.96 bits per heavy atom. The van der Waals surface area contributed by atoms with Gasteiger partial charge in [0.2, 0.25) is 5.91 Å². The summed E-state index contributed by atoms with van der Waals surface area (Å²) in [5.41, 5.74) is 0.699. The summed E-state index contributed by atoms with van der Waals surface area (Å²) in [6, 6.07) is 6.60. The molecule has 8 nitrogen and oxygen atoms in total. The zero-order chi connectivity index (χ0) is 17.7. The molecule has 1 aliphatic heterocycles. The number of hydrogen-bond acceptors (Lipinski definition) is 6. The molecule has 24 heavy (non-hydrogen) atoms. The lowest BCUT2D eigenvalue weighted by molar-refractivity contribution is -0.147. The predicted octanol–water partition coefficient (Wildman–Crippen LogP) is 0.441. The Hall–Kier alpha value is -2.13. The normalized spacial score (nSPS) is 16.9. The number of hydrogen-bond donors (Lipinski definition) is 1. The first-order valence-corrected chi connectivity index (χ1v) is 8.88. The van der Waals surface area contributed by atoms with Crippen LogP contribution in [-0.2, 0) is 31.1 Å². The van der Waals surface area contributed by atoms with Gasteiger partial charge in [-0.25, -0.2) is 9.52 Å². The summed E-state index contributed by atoms with van der Waals surface area (Å²) in [7, 11) is -3.74. The Labute approximate surface area is 140 Å². The largest absolute Gasteiger partial charge is 0.482 e. The second kappa shape index (κ2) is 7.63. The van der Waals surface area contributed by atoms with Gasteiger partial charge in [-0.3, -0.25) is 4.79 Å². The molecule has 1 amide bonds. The van der Waals surface area contributed by atoms with E-state index in [0.29, 0.717) is 17.9 Å². The van der Waals surface area contributed by atoms with E-state index >= 15 is 0 Å². The first-order chi connectivity index (χ1) is 11.3. The molecule has 9 heteroatoms. The molecule has 0 aromatic heterocycles. The quantitative estimate of drug-likeness (QED) is 0.712. The topological polar surface area (TPSA) is 102 Å². The van der Waals surface area contributed by atoms with E-state index in [0.717, 1.165) is 4.31 Å². The summed E-state index contributed by atoms with van der Waals surface area (Å²) < 4.78 is 36.6. The Morgan fingerprint density at radius 3 is 2.50 bits per heavy atom. The van der Waals surface area contributed by atoms with Crippen molar-refractivity contribution in [3.63, 3.8) is 0 Å². The SMILES string of the molecule is CC(C)COC(=O)COc1ccc(CN2CC(=O)NS2(=O)=O)cc1. The Kier molecular flexibility index (Phi) is 5.79. The van der Waals surface area contributed by atoms with Crippen LogP contribution in [0.3, 0.4) is 0 Å². The molecule has 1 saturated heterocycles. The summed E-state index contributed by atoms with van der Waals surface area (Å²) >= 11 is 0. The minimum absolute atomic E-state index is 0.0811. The molecular formula is C15H20N2O6S. The molecule has 132 valence electrons. The van der Waals surface area contributed by atoms with Crippen LogP contribution in [0, 0.1) is 5.92 Å². The Balaban J connectivity index is 1.85. The number of ether oxygens (including phenoxy) is 2. The van der Waals surface area contributed by atoms with Gasteiger partial charge in [0.25, 0.3) is 0 Å². The van der Waals surface area contributed by atoms with Gasteiger partial charge in [-0.2, -0.15) is 12.7 Å². The van der Waals surface area contributed by atoms with Crippen molar-refractivity contribution in [2.45, 2.75) is 20.4 Å². The van der Waals surface area contributed by atoms with Crippen LogP contribution in [0.4, 0.5) is 0 Å².